The number of carbonyl (C=O) groups is 2. The summed E-state index contributed by atoms with van der Waals surface area (Å²) in [6.07, 6.45) is 19.7. The van der Waals surface area contributed by atoms with E-state index in [-0.39, 0.29) is 12.2 Å². The Balaban J connectivity index is 2.40. The minimum absolute atomic E-state index is 0.192. The molecule has 0 saturated heterocycles. The number of hydrogen-bond donors (Lipinski definition) is 1. The maximum absolute atomic E-state index is 11.9. The van der Waals surface area contributed by atoms with Gasteiger partial charge in [0.2, 0.25) is 0 Å². The largest absolute Gasteiger partial charge is 0.481 e. The molecule has 0 bridgehead atoms. The molecule has 1 aliphatic carbocycles. The molecule has 3 nitrogen and oxygen atoms in total. The summed E-state index contributed by atoms with van der Waals surface area (Å²) in [5, 5.41) is 8.57. The first-order chi connectivity index (χ1) is 11.1. The van der Waals surface area contributed by atoms with Crippen LogP contribution in [0.25, 0.3) is 0 Å². The van der Waals surface area contributed by atoms with Crippen molar-refractivity contribution in [3.8, 4) is 0 Å². The van der Waals surface area contributed by atoms with E-state index in [1.165, 1.54) is 19.3 Å². The average Bonchev–Trinajstić information content (AvgIpc) is 2.86. The molecule has 0 aliphatic heterocycles. The second kappa shape index (κ2) is 11.6. The zero-order valence-electron chi connectivity index (χ0n) is 14.1. The zero-order chi connectivity index (χ0) is 16.9. The van der Waals surface area contributed by atoms with Crippen LogP contribution in [-0.4, -0.2) is 16.9 Å². The molecule has 0 saturated carbocycles. The number of hydrogen-bond acceptors (Lipinski definition) is 2. The number of rotatable bonds is 11. The molecule has 0 fully saturated rings. The number of ketones is 1. The van der Waals surface area contributed by atoms with Gasteiger partial charge >= 0.3 is 5.97 Å². The van der Waals surface area contributed by atoms with Crippen molar-refractivity contribution >= 4 is 11.8 Å². The predicted molar refractivity (Wildman–Crippen MR) is 94.3 cm³/mol. The fourth-order valence-electron chi connectivity index (χ4n) is 2.48. The van der Waals surface area contributed by atoms with Crippen molar-refractivity contribution < 1.29 is 14.7 Å². The van der Waals surface area contributed by atoms with Crippen molar-refractivity contribution in [1.29, 1.82) is 0 Å². The molecular weight excluding hydrogens is 288 g/mol. The maximum atomic E-state index is 11.9. The third-order valence-corrected chi connectivity index (χ3v) is 3.82. The van der Waals surface area contributed by atoms with Gasteiger partial charge in [0.15, 0.2) is 5.78 Å². The van der Waals surface area contributed by atoms with Crippen LogP contribution in [0.4, 0.5) is 0 Å². The highest BCUT2D eigenvalue weighted by Gasteiger charge is 2.18. The van der Waals surface area contributed by atoms with E-state index in [4.69, 9.17) is 5.11 Å². The van der Waals surface area contributed by atoms with E-state index in [1.807, 2.05) is 30.4 Å². The summed E-state index contributed by atoms with van der Waals surface area (Å²) < 4.78 is 0. The Bertz CT molecular complexity index is 507. The second-order valence-electron chi connectivity index (χ2n) is 5.82. The van der Waals surface area contributed by atoms with E-state index < -0.39 is 5.97 Å². The molecule has 0 aromatic heterocycles. The van der Waals surface area contributed by atoms with Crippen LogP contribution >= 0.6 is 0 Å². The maximum Gasteiger partial charge on any atom is 0.303 e. The van der Waals surface area contributed by atoms with E-state index in [9.17, 15) is 9.59 Å². The lowest BCUT2D eigenvalue weighted by atomic mass is 10.0. The molecule has 1 aliphatic rings. The van der Waals surface area contributed by atoms with E-state index >= 15 is 0 Å². The van der Waals surface area contributed by atoms with Crippen LogP contribution in [0, 0.1) is 0 Å². The molecule has 0 radical (unpaired) electrons. The van der Waals surface area contributed by atoms with Crippen LogP contribution in [-0.2, 0) is 9.59 Å². The van der Waals surface area contributed by atoms with Gasteiger partial charge in [0.25, 0.3) is 0 Å². The standard InChI is InChI=1S/C20H28O3/c1-2-3-4-5-6-10-13-18-17(15-16-19(18)21)12-9-7-8-11-14-20(22)23/h6-7,9-10,13,15H,2-5,8,11-12,14,16H2,1H3,(H,22,23)/b9-7-,10-6?,18-13?. The summed E-state index contributed by atoms with van der Waals surface area (Å²) in [6.45, 7) is 2.19. The van der Waals surface area contributed by atoms with Gasteiger partial charge in [-0.15, -0.1) is 0 Å². The summed E-state index contributed by atoms with van der Waals surface area (Å²) in [6, 6.07) is 0. The minimum atomic E-state index is -0.751. The van der Waals surface area contributed by atoms with Gasteiger partial charge in [0.05, 0.1) is 0 Å². The Morgan fingerprint density at radius 2 is 1.96 bits per heavy atom. The van der Waals surface area contributed by atoms with Crippen molar-refractivity contribution in [2.45, 2.75) is 64.7 Å². The summed E-state index contributed by atoms with van der Waals surface area (Å²) in [5.41, 5.74) is 1.91. The van der Waals surface area contributed by atoms with E-state index in [1.54, 1.807) is 0 Å². The molecule has 0 atom stereocenters. The number of carbonyl (C=O) groups excluding carboxylic acids is 1. The van der Waals surface area contributed by atoms with E-state index in [2.05, 4.69) is 13.0 Å². The second-order valence-corrected chi connectivity index (χ2v) is 5.82. The third-order valence-electron chi connectivity index (χ3n) is 3.82. The van der Waals surface area contributed by atoms with Crippen molar-refractivity contribution in [2.24, 2.45) is 0 Å². The molecule has 126 valence electrons. The first-order valence-electron chi connectivity index (χ1n) is 8.61. The Labute approximate surface area is 139 Å². The number of carboxylic acid groups (broad SMARTS) is 1. The highest BCUT2D eigenvalue weighted by molar-refractivity contribution is 6.03. The van der Waals surface area contributed by atoms with Gasteiger partial charge in [0, 0.05) is 18.4 Å². The zero-order valence-corrected chi connectivity index (χ0v) is 14.1. The smallest absolute Gasteiger partial charge is 0.303 e. The Hall–Kier alpha value is -1.90. The van der Waals surface area contributed by atoms with Crippen LogP contribution in [0.5, 0.6) is 0 Å². The van der Waals surface area contributed by atoms with Gasteiger partial charge in [-0.25, -0.2) is 0 Å². The number of aliphatic carboxylic acids is 1. The fraction of sp³-hybridized carbons (Fsp3) is 0.500. The fourth-order valence-corrected chi connectivity index (χ4v) is 2.48. The third kappa shape index (κ3) is 8.34. The summed E-state index contributed by atoms with van der Waals surface area (Å²) in [5.74, 6) is -0.559. The van der Waals surface area contributed by atoms with E-state index in [0.29, 0.717) is 12.8 Å². The van der Waals surface area contributed by atoms with Crippen LogP contribution < -0.4 is 0 Å². The number of unbranched alkanes of at least 4 members (excludes halogenated alkanes) is 4. The van der Waals surface area contributed by atoms with Gasteiger partial charge in [-0.05, 0) is 37.7 Å². The van der Waals surface area contributed by atoms with Crippen molar-refractivity contribution in [1.82, 2.24) is 0 Å². The van der Waals surface area contributed by atoms with Crippen LogP contribution in [0.2, 0.25) is 0 Å². The molecule has 0 unspecified atom stereocenters. The van der Waals surface area contributed by atoms with Gasteiger partial charge in [0.1, 0.15) is 0 Å². The summed E-state index contributed by atoms with van der Waals surface area (Å²) >= 11 is 0. The van der Waals surface area contributed by atoms with Crippen molar-refractivity contribution in [2.75, 3.05) is 0 Å². The van der Waals surface area contributed by atoms with Gasteiger partial charge in [-0.2, -0.15) is 0 Å². The highest BCUT2D eigenvalue weighted by Crippen LogP contribution is 2.25. The Kier molecular flexibility index (Phi) is 9.69. The molecule has 0 aromatic rings. The molecule has 0 heterocycles. The number of carboxylic acids is 1. The van der Waals surface area contributed by atoms with Gasteiger partial charge in [-0.3, -0.25) is 9.59 Å². The lowest BCUT2D eigenvalue weighted by Crippen LogP contribution is -1.95. The molecular formula is C20H28O3. The highest BCUT2D eigenvalue weighted by atomic mass is 16.4. The van der Waals surface area contributed by atoms with Gasteiger partial charge < -0.3 is 5.11 Å². The molecule has 23 heavy (non-hydrogen) atoms. The van der Waals surface area contributed by atoms with Crippen LogP contribution in [0.3, 0.4) is 0 Å². The summed E-state index contributed by atoms with van der Waals surface area (Å²) in [4.78, 5) is 22.3. The first-order valence-corrected chi connectivity index (χ1v) is 8.61. The monoisotopic (exact) mass is 316 g/mol. The summed E-state index contributed by atoms with van der Waals surface area (Å²) in [7, 11) is 0. The molecule has 0 aromatic carbocycles. The quantitative estimate of drug-likeness (QED) is 0.326. The van der Waals surface area contributed by atoms with Crippen molar-refractivity contribution in [3.05, 3.63) is 47.6 Å². The molecule has 1 N–H and O–H groups in total. The molecule has 0 spiro atoms. The van der Waals surface area contributed by atoms with E-state index in [0.717, 1.165) is 30.4 Å². The topological polar surface area (TPSA) is 54.4 Å². The van der Waals surface area contributed by atoms with Crippen molar-refractivity contribution in [3.63, 3.8) is 0 Å². The average molecular weight is 316 g/mol. The normalized spacial score (nSPS) is 16.8. The Morgan fingerprint density at radius 3 is 2.70 bits per heavy atom. The lowest BCUT2D eigenvalue weighted by Gasteiger charge is -2.00. The van der Waals surface area contributed by atoms with Gasteiger partial charge in [-0.1, -0.05) is 56.2 Å². The number of Topliss-reactive ketones (excluding diaryl/α,β-unsaturated/α-hetero) is 1. The minimum Gasteiger partial charge on any atom is -0.481 e. The SMILES string of the molecule is CCCCCC=CC=C1C(=O)CC=C1C/C=C\CCCC(=O)O. The van der Waals surface area contributed by atoms with Crippen LogP contribution in [0.15, 0.2) is 47.6 Å². The molecule has 1 rings (SSSR count). The molecule has 3 heteroatoms. The first kappa shape index (κ1) is 19.1. The Morgan fingerprint density at radius 1 is 1.17 bits per heavy atom. The molecule has 0 amide bonds. The van der Waals surface area contributed by atoms with Crippen LogP contribution in [0.1, 0.15) is 64.7 Å². The lowest BCUT2D eigenvalue weighted by molar-refractivity contribution is -0.137. The number of allylic oxidation sites excluding steroid dienone is 8. The predicted octanol–water partition coefficient (Wildman–Crippen LogP) is 5.15.